The molecule has 4 heterocycles. The Morgan fingerprint density at radius 2 is 1.85 bits per heavy atom. The summed E-state index contributed by atoms with van der Waals surface area (Å²) < 4.78 is 46.1. The van der Waals surface area contributed by atoms with E-state index in [-0.39, 0.29) is 23.3 Å². The van der Waals surface area contributed by atoms with Gasteiger partial charge in [-0.15, -0.1) is 0 Å². The largest absolute Gasteiger partial charge is 0.477 e. The Hall–Kier alpha value is -3.76. The molecule has 0 aliphatic carbocycles. The molecule has 1 atom stereocenters. The van der Waals surface area contributed by atoms with Crippen molar-refractivity contribution in [3.63, 3.8) is 0 Å². The Balaban J connectivity index is 1.53. The smallest absolute Gasteiger partial charge is 0.437 e. The van der Waals surface area contributed by atoms with Gasteiger partial charge in [-0.25, -0.2) is 9.78 Å². The van der Waals surface area contributed by atoms with Crippen molar-refractivity contribution in [1.29, 1.82) is 0 Å². The Morgan fingerprint density at radius 1 is 1.15 bits per heavy atom. The number of Topliss-reactive ketones (excluding diaryl/α,β-unsaturated/α-hetero) is 1. The number of aromatic nitrogens is 3. The van der Waals surface area contributed by atoms with E-state index < -0.39 is 35.8 Å². The highest BCUT2D eigenvalue weighted by atomic mass is 19.4. The van der Waals surface area contributed by atoms with Gasteiger partial charge in [-0.2, -0.15) is 18.2 Å². The molecule has 11 heteroatoms. The molecule has 1 fully saturated rings. The lowest BCUT2D eigenvalue weighted by atomic mass is 10.0. The van der Waals surface area contributed by atoms with Gasteiger partial charge in [-0.1, -0.05) is 19.1 Å². The first kappa shape index (κ1) is 23.4. The predicted molar refractivity (Wildman–Crippen MR) is 115 cm³/mol. The van der Waals surface area contributed by atoms with Crippen LogP contribution in [-0.2, 0) is 12.6 Å². The van der Waals surface area contributed by atoms with Crippen LogP contribution in [0.15, 0.2) is 41.1 Å². The van der Waals surface area contributed by atoms with E-state index in [9.17, 15) is 22.8 Å². The summed E-state index contributed by atoms with van der Waals surface area (Å²) in [5.41, 5.74) is 0.0291. The van der Waals surface area contributed by atoms with E-state index in [0.29, 0.717) is 24.2 Å². The topological polar surface area (TPSA) is 109 Å². The zero-order valence-electron chi connectivity index (χ0n) is 18.2. The first-order valence-corrected chi connectivity index (χ1v) is 10.6. The molecule has 1 aliphatic heterocycles. The first-order valence-electron chi connectivity index (χ1n) is 10.6. The third-order valence-electron chi connectivity index (χ3n) is 5.55. The number of hydrogen-bond donors (Lipinski definition) is 1. The number of halogens is 3. The molecule has 8 nitrogen and oxygen atoms in total. The third-order valence-corrected chi connectivity index (χ3v) is 5.55. The Labute approximate surface area is 192 Å². The molecular formula is C23H21F3N4O4. The van der Waals surface area contributed by atoms with Crippen molar-refractivity contribution in [3.05, 3.63) is 59.5 Å². The predicted octanol–water partition coefficient (Wildman–Crippen LogP) is 4.51. The number of carbonyl (C=O) groups excluding carboxylic acids is 1. The van der Waals surface area contributed by atoms with Crippen LogP contribution in [0, 0.1) is 5.92 Å². The first-order chi connectivity index (χ1) is 16.1. The molecule has 0 aromatic carbocycles. The van der Waals surface area contributed by atoms with Gasteiger partial charge in [0.15, 0.2) is 5.69 Å². The maximum atomic E-state index is 13.6. The van der Waals surface area contributed by atoms with E-state index in [2.05, 4.69) is 15.0 Å². The second-order valence-electron chi connectivity index (χ2n) is 8.24. The average molecular weight is 474 g/mol. The number of hydrogen-bond acceptors (Lipinski definition) is 7. The van der Waals surface area contributed by atoms with Crippen molar-refractivity contribution in [1.82, 2.24) is 15.0 Å². The monoisotopic (exact) mass is 474 g/mol. The maximum absolute atomic E-state index is 13.6. The molecule has 0 radical (unpaired) electrons. The number of alkyl halides is 3. The van der Waals surface area contributed by atoms with Crippen LogP contribution < -0.4 is 4.90 Å². The van der Waals surface area contributed by atoms with Crippen molar-refractivity contribution < 1.29 is 32.3 Å². The van der Waals surface area contributed by atoms with Crippen molar-refractivity contribution in [2.45, 2.75) is 32.4 Å². The maximum Gasteiger partial charge on any atom is 0.437 e. The van der Waals surface area contributed by atoms with Crippen molar-refractivity contribution in [3.8, 4) is 11.1 Å². The molecule has 3 aromatic heterocycles. The number of anilines is 1. The zero-order chi connectivity index (χ0) is 24.5. The summed E-state index contributed by atoms with van der Waals surface area (Å²) in [6.45, 7) is 3.02. The summed E-state index contributed by atoms with van der Waals surface area (Å²) in [6, 6.07) is 5.85. The molecule has 1 N–H and O–H groups in total. The molecule has 0 bridgehead atoms. The quantitative estimate of drug-likeness (QED) is 0.520. The number of piperidine rings is 1. The number of oxazole rings is 1. The lowest BCUT2D eigenvalue weighted by molar-refractivity contribution is -0.141. The fourth-order valence-electron chi connectivity index (χ4n) is 3.82. The van der Waals surface area contributed by atoms with Crippen LogP contribution in [0.25, 0.3) is 11.1 Å². The molecule has 3 aromatic rings. The number of rotatable bonds is 6. The van der Waals surface area contributed by atoms with Gasteiger partial charge in [-0.05, 0) is 30.9 Å². The van der Waals surface area contributed by atoms with Crippen LogP contribution >= 0.6 is 0 Å². The van der Waals surface area contributed by atoms with E-state index in [4.69, 9.17) is 9.52 Å². The molecule has 1 saturated heterocycles. The van der Waals surface area contributed by atoms with Crippen LogP contribution in [0.3, 0.4) is 0 Å². The minimum absolute atomic E-state index is 0.107. The normalized spacial score (nSPS) is 16.5. The van der Waals surface area contributed by atoms with Crippen LogP contribution in [0.2, 0.25) is 0 Å². The Kier molecular flexibility index (Phi) is 6.36. The molecule has 0 spiro atoms. The lowest BCUT2D eigenvalue weighted by Crippen LogP contribution is -2.34. The molecule has 1 unspecified atom stereocenters. The second kappa shape index (κ2) is 9.24. The second-order valence-corrected chi connectivity index (χ2v) is 8.24. The van der Waals surface area contributed by atoms with Crippen LogP contribution in [0.5, 0.6) is 0 Å². The number of ketones is 1. The van der Waals surface area contributed by atoms with E-state index in [0.717, 1.165) is 12.8 Å². The summed E-state index contributed by atoms with van der Waals surface area (Å²) in [5.74, 6) is -2.56. The third kappa shape index (κ3) is 5.08. The molecule has 0 amide bonds. The SMILES string of the molecule is CC1CCCN(c2nc(C(F)(F)F)c(C(=O)Cc3ccc(-c4ccc(C(=O)O)nc4)cn3)o2)C1. The van der Waals surface area contributed by atoms with Gasteiger partial charge in [0.05, 0.1) is 6.42 Å². The zero-order valence-corrected chi connectivity index (χ0v) is 18.2. The molecular weight excluding hydrogens is 453 g/mol. The summed E-state index contributed by atoms with van der Waals surface area (Å²) in [6.07, 6.45) is -0.648. The van der Waals surface area contributed by atoms with E-state index >= 15 is 0 Å². The summed E-state index contributed by atoms with van der Waals surface area (Å²) in [5, 5.41) is 8.93. The highest BCUT2D eigenvalue weighted by molar-refractivity contribution is 5.96. The lowest BCUT2D eigenvalue weighted by Gasteiger charge is -2.29. The standard InChI is InChI=1S/C23H21F3N4O4/c1-13-3-2-8-30(12-13)22-29-20(23(24,25)26)19(34-22)18(31)9-16-6-4-14(10-27-16)15-5-7-17(21(32)33)28-11-15/h4-7,10-11,13H,2-3,8-9,12H2,1H3,(H,32,33). The van der Waals surface area contributed by atoms with E-state index in [1.165, 1.54) is 24.5 Å². The highest BCUT2D eigenvalue weighted by Gasteiger charge is 2.42. The number of aromatic carboxylic acids is 1. The van der Waals surface area contributed by atoms with Gasteiger partial charge in [0.2, 0.25) is 11.5 Å². The van der Waals surface area contributed by atoms with Crippen LogP contribution in [0.1, 0.15) is 52.2 Å². The van der Waals surface area contributed by atoms with Gasteiger partial charge >= 0.3 is 12.1 Å². The van der Waals surface area contributed by atoms with E-state index in [1.54, 1.807) is 17.0 Å². The Bertz CT molecular complexity index is 1190. The number of carboxylic acids is 1. The molecule has 4 rings (SSSR count). The molecule has 34 heavy (non-hydrogen) atoms. The van der Waals surface area contributed by atoms with Crippen LogP contribution in [0.4, 0.5) is 19.2 Å². The van der Waals surface area contributed by atoms with Gasteiger partial charge in [0, 0.05) is 42.3 Å². The summed E-state index contributed by atoms with van der Waals surface area (Å²) in [4.78, 5) is 36.9. The molecule has 1 aliphatic rings. The minimum atomic E-state index is -4.83. The van der Waals surface area contributed by atoms with E-state index in [1.807, 2.05) is 6.92 Å². The van der Waals surface area contributed by atoms with Crippen molar-refractivity contribution >= 4 is 17.8 Å². The number of carbonyl (C=O) groups is 2. The number of pyridine rings is 2. The highest BCUT2D eigenvalue weighted by Crippen LogP contribution is 2.35. The minimum Gasteiger partial charge on any atom is -0.477 e. The van der Waals surface area contributed by atoms with Crippen molar-refractivity contribution in [2.24, 2.45) is 5.92 Å². The number of nitrogens with zero attached hydrogens (tertiary/aromatic N) is 4. The fourth-order valence-corrected chi connectivity index (χ4v) is 3.82. The molecule has 178 valence electrons. The van der Waals surface area contributed by atoms with Gasteiger partial charge < -0.3 is 14.4 Å². The molecule has 0 saturated carbocycles. The summed E-state index contributed by atoms with van der Waals surface area (Å²) >= 11 is 0. The average Bonchev–Trinajstić information content (AvgIpc) is 3.26. The van der Waals surface area contributed by atoms with Crippen LogP contribution in [-0.4, -0.2) is 44.9 Å². The fraction of sp³-hybridized carbons (Fsp3) is 0.348. The summed E-state index contributed by atoms with van der Waals surface area (Å²) in [7, 11) is 0. The van der Waals surface area contributed by atoms with Crippen molar-refractivity contribution in [2.75, 3.05) is 18.0 Å². The van der Waals surface area contributed by atoms with Gasteiger partial charge in [0.1, 0.15) is 5.69 Å². The van der Waals surface area contributed by atoms with Gasteiger partial charge in [-0.3, -0.25) is 9.78 Å². The number of carboxylic acid groups (broad SMARTS) is 1. The Morgan fingerprint density at radius 3 is 2.41 bits per heavy atom. The van der Waals surface area contributed by atoms with Gasteiger partial charge in [0.25, 0.3) is 6.01 Å².